The molecule has 0 saturated carbocycles. The molecule has 0 aliphatic heterocycles. The van der Waals surface area contributed by atoms with E-state index >= 15 is 0 Å². The zero-order valence-corrected chi connectivity index (χ0v) is 13.3. The number of ether oxygens (including phenoxy) is 1. The summed E-state index contributed by atoms with van der Waals surface area (Å²) < 4.78 is 5.74. The summed E-state index contributed by atoms with van der Waals surface area (Å²) in [7, 11) is 0. The highest BCUT2D eigenvalue weighted by Crippen LogP contribution is 2.36. The molecule has 0 bridgehead atoms. The van der Waals surface area contributed by atoms with Crippen LogP contribution in [0.1, 0.15) is 29.2 Å². The third kappa shape index (κ3) is 3.58. The number of urea groups is 1. The van der Waals surface area contributed by atoms with Gasteiger partial charge >= 0.3 is 6.03 Å². The van der Waals surface area contributed by atoms with Crippen molar-refractivity contribution in [3.8, 4) is 5.75 Å². The number of carbonyl (C=O) groups is 1. The summed E-state index contributed by atoms with van der Waals surface area (Å²) in [6.45, 7) is 0.477. The topological polar surface area (TPSA) is 75.8 Å². The van der Waals surface area contributed by atoms with Gasteiger partial charge in [0, 0.05) is 0 Å². The Bertz CT molecular complexity index is 744. The fraction of sp³-hybridized carbons (Fsp3) is 0.211. The van der Waals surface area contributed by atoms with E-state index in [0.717, 1.165) is 28.9 Å². The zero-order chi connectivity index (χ0) is 16.9. The van der Waals surface area contributed by atoms with Crippen LogP contribution in [0.2, 0.25) is 0 Å². The molecule has 24 heavy (non-hydrogen) atoms. The zero-order valence-electron chi connectivity index (χ0n) is 13.3. The quantitative estimate of drug-likeness (QED) is 0.652. The molecule has 2 aromatic carbocycles. The van der Waals surface area contributed by atoms with Gasteiger partial charge in [-0.25, -0.2) is 4.79 Å². The summed E-state index contributed by atoms with van der Waals surface area (Å²) in [5, 5.41) is 10.3. The van der Waals surface area contributed by atoms with Crippen LogP contribution in [-0.2, 0) is 6.42 Å². The van der Waals surface area contributed by atoms with Gasteiger partial charge in [0.25, 0.3) is 0 Å². The number of hydrogen-bond acceptors (Lipinski definition) is 3. The number of rotatable bonds is 5. The van der Waals surface area contributed by atoms with Crippen molar-refractivity contribution in [2.24, 2.45) is 5.73 Å². The number of carbonyl (C=O) groups excluding carboxylic acids is 1. The largest absolute Gasteiger partial charge is 0.490 e. The lowest BCUT2D eigenvalue weighted by atomic mass is 10.1. The highest BCUT2D eigenvalue weighted by atomic mass is 16.5. The van der Waals surface area contributed by atoms with E-state index in [1.54, 1.807) is 0 Å². The summed E-state index contributed by atoms with van der Waals surface area (Å²) in [5.41, 5.74) is 8.26. The second-order valence-electron chi connectivity index (χ2n) is 5.72. The average molecular weight is 324 g/mol. The number of aryl methyl sites for hydroxylation is 1. The van der Waals surface area contributed by atoms with Crippen LogP contribution in [0.15, 0.2) is 54.6 Å². The fourth-order valence-corrected chi connectivity index (χ4v) is 2.96. The van der Waals surface area contributed by atoms with Crippen molar-refractivity contribution in [1.82, 2.24) is 5.06 Å². The van der Waals surface area contributed by atoms with Crippen molar-refractivity contribution >= 4 is 12.1 Å². The first-order valence-corrected chi connectivity index (χ1v) is 7.90. The van der Waals surface area contributed by atoms with Crippen molar-refractivity contribution in [3.63, 3.8) is 0 Å². The maximum atomic E-state index is 11.1. The summed E-state index contributed by atoms with van der Waals surface area (Å²) in [6.07, 6.45) is 5.42. The van der Waals surface area contributed by atoms with E-state index < -0.39 is 6.03 Å². The van der Waals surface area contributed by atoms with E-state index in [2.05, 4.69) is 0 Å². The van der Waals surface area contributed by atoms with Gasteiger partial charge in [0.1, 0.15) is 12.4 Å². The Hall–Kier alpha value is -2.79. The van der Waals surface area contributed by atoms with E-state index in [-0.39, 0.29) is 6.04 Å². The highest BCUT2D eigenvalue weighted by molar-refractivity contribution is 5.71. The van der Waals surface area contributed by atoms with Gasteiger partial charge in [0.2, 0.25) is 0 Å². The second-order valence-corrected chi connectivity index (χ2v) is 5.72. The Balaban J connectivity index is 1.61. The third-order valence-corrected chi connectivity index (χ3v) is 4.14. The highest BCUT2D eigenvalue weighted by Gasteiger charge is 2.29. The van der Waals surface area contributed by atoms with Crippen molar-refractivity contribution < 1.29 is 14.7 Å². The molecule has 1 aliphatic rings. The maximum Gasteiger partial charge on any atom is 0.339 e. The van der Waals surface area contributed by atoms with Crippen LogP contribution >= 0.6 is 0 Å². The minimum absolute atomic E-state index is 0.371. The molecule has 2 aromatic rings. The Labute approximate surface area is 140 Å². The van der Waals surface area contributed by atoms with Gasteiger partial charge in [0.05, 0.1) is 6.04 Å². The number of benzene rings is 2. The second kappa shape index (κ2) is 7.19. The number of hydrogen-bond donors (Lipinski definition) is 2. The van der Waals surface area contributed by atoms with Gasteiger partial charge in [-0.05, 0) is 47.7 Å². The SMILES string of the molecule is NC(=O)N(O)C1CCc2cc(OC/C=C/c3ccccc3)ccc21. The van der Waals surface area contributed by atoms with Crippen LogP contribution in [0.5, 0.6) is 5.75 Å². The molecule has 2 amide bonds. The normalized spacial score (nSPS) is 16.1. The van der Waals surface area contributed by atoms with E-state index in [4.69, 9.17) is 10.5 Å². The molecule has 0 fully saturated rings. The van der Waals surface area contributed by atoms with Crippen LogP contribution in [0.3, 0.4) is 0 Å². The minimum Gasteiger partial charge on any atom is -0.490 e. The lowest BCUT2D eigenvalue weighted by molar-refractivity contribution is -0.0757. The summed E-state index contributed by atoms with van der Waals surface area (Å²) in [6, 6.07) is 14.5. The van der Waals surface area contributed by atoms with Crippen molar-refractivity contribution in [2.45, 2.75) is 18.9 Å². The Morgan fingerprint density at radius 3 is 2.83 bits per heavy atom. The molecule has 0 heterocycles. The van der Waals surface area contributed by atoms with Gasteiger partial charge in [-0.2, -0.15) is 5.06 Å². The van der Waals surface area contributed by atoms with Crippen molar-refractivity contribution in [3.05, 3.63) is 71.3 Å². The molecule has 0 saturated heterocycles. The third-order valence-electron chi connectivity index (χ3n) is 4.14. The standard InChI is InChI=1S/C19H20N2O3/c20-19(22)21(23)18-11-8-15-13-16(9-10-17(15)18)24-12-4-7-14-5-2-1-3-6-14/h1-7,9-10,13,18,23H,8,11-12H2,(H2,20,22)/b7-4+. The average Bonchev–Trinajstić information content (AvgIpc) is 3.02. The first kappa shape index (κ1) is 16.1. The molecule has 5 heteroatoms. The molecule has 1 atom stereocenters. The number of nitrogens with two attached hydrogens (primary N) is 1. The van der Waals surface area contributed by atoms with Crippen molar-refractivity contribution in [2.75, 3.05) is 6.61 Å². The molecule has 0 spiro atoms. The Kier molecular flexibility index (Phi) is 4.82. The molecule has 124 valence electrons. The van der Waals surface area contributed by atoms with Gasteiger partial charge in [-0.3, -0.25) is 5.21 Å². The number of nitrogens with zero attached hydrogens (tertiary/aromatic N) is 1. The molecular weight excluding hydrogens is 304 g/mol. The monoisotopic (exact) mass is 324 g/mol. The predicted octanol–water partition coefficient (Wildman–Crippen LogP) is 3.54. The number of primary amides is 1. The number of hydroxylamine groups is 2. The van der Waals surface area contributed by atoms with E-state index in [1.165, 1.54) is 0 Å². The van der Waals surface area contributed by atoms with Crippen LogP contribution in [0.25, 0.3) is 6.08 Å². The Morgan fingerprint density at radius 1 is 1.29 bits per heavy atom. The van der Waals surface area contributed by atoms with Gasteiger partial charge in [0.15, 0.2) is 0 Å². The molecule has 1 unspecified atom stereocenters. The lowest BCUT2D eigenvalue weighted by Crippen LogP contribution is -2.35. The van der Waals surface area contributed by atoms with Crippen LogP contribution in [-0.4, -0.2) is 22.9 Å². The molecule has 5 nitrogen and oxygen atoms in total. The fourth-order valence-electron chi connectivity index (χ4n) is 2.96. The number of amides is 2. The molecule has 0 aromatic heterocycles. The molecule has 3 rings (SSSR count). The molecule has 0 radical (unpaired) electrons. The smallest absolute Gasteiger partial charge is 0.339 e. The summed E-state index contributed by atoms with van der Waals surface area (Å²) >= 11 is 0. The Morgan fingerprint density at radius 2 is 2.08 bits per heavy atom. The van der Waals surface area contributed by atoms with E-state index in [9.17, 15) is 10.0 Å². The van der Waals surface area contributed by atoms with Gasteiger partial charge < -0.3 is 10.5 Å². The van der Waals surface area contributed by atoms with Gasteiger partial charge in [-0.1, -0.05) is 42.5 Å². The van der Waals surface area contributed by atoms with Crippen LogP contribution < -0.4 is 10.5 Å². The summed E-state index contributed by atoms with van der Waals surface area (Å²) in [4.78, 5) is 11.1. The summed E-state index contributed by atoms with van der Waals surface area (Å²) in [5.74, 6) is 0.774. The number of fused-ring (bicyclic) bond motifs is 1. The lowest BCUT2D eigenvalue weighted by Gasteiger charge is -2.20. The van der Waals surface area contributed by atoms with E-state index in [1.807, 2.05) is 60.7 Å². The molecule has 1 aliphatic carbocycles. The first-order valence-electron chi connectivity index (χ1n) is 7.90. The van der Waals surface area contributed by atoms with Crippen LogP contribution in [0, 0.1) is 0 Å². The van der Waals surface area contributed by atoms with Crippen molar-refractivity contribution in [1.29, 1.82) is 0 Å². The van der Waals surface area contributed by atoms with Crippen LogP contribution in [0.4, 0.5) is 4.79 Å². The van der Waals surface area contributed by atoms with E-state index in [0.29, 0.717) is 18.1 Å². The first-order chi connectivity index (χ1) is 11.6. The molecular formula is C19H20N2O3. The minimum atomic E-state index is -0.834. The maximum absolute atomic E-state index is 11.1. The van der Waals surface area contributed by atoms with Gasteiger partial charge in [-0.15, -0.1) is 0 Å². The molecule has 3 N–H and O–H groups in total. The predicted molar refractivity (Wildman–Crippen MR) is 91.7 cm³/mol.